The number of hydrogen-bond acceptors (Lipinski definition) is 3. The number of hydrogen-bond donors (Lipinski definition) is 1. The van der Waals surface area contributed by atoms with Crippen molar-refractivity contribution in [1.29, 1.82) is 0 Å². The van der Waals surface area contributed by atoms with E-state index in [2.05, 4.69) is 22.1 Å². The Kier molecular flexibility index (Phi) is 2.82. The van der Waals surface area contributed by atoms with Crippen LogP contribution in [-0.4, -0.2) is 16.6 Å². The number of aromatic nitrogens is 2. The minimum atomic E-state index is -0.0948. The molecule has 3 aromatic rings. The minimum absolute atomic E-state index is 0.0948. The summed E-state index contributed by atoms with van der Waals surface area (Å²) in [5.74, 6) is 0.637. The van der Waals surface area contributed by atoms with Gasteiger partial charge < -0.3 is 9.72 Å². The SMILES string of the molecule is O=c1[nH]c(-c2cccc3ccccc23)nc2c1COCC2. The lowest BCUT2D eigenvalue weighted by Gasteiger charge is -2.15. The quantitative estimate of drug-likeness (QED) is 0.744. The topological polar surface area (TPSA) is 55.0 Å². The second-order valence-corrected chi connectivity index (χ2v) is 5.17. The Morgan fingerprint density at radius 2 is 1.95 bits per heavy atom. The fourth-order valence-electron chi connectivity index (χ4n) is 2.80. The Morgan fingerprint density at radius 1 is 1.10 bits per heavy atom. The molecule has 0 saturated heterocycles. The van der Waals surface area contributed by atoms with Crippen LogP contribution in [-0.2, 0) is 17.8 Å². The molecule has 0 saturated carbocycles. The molecule has 0 bridgehead atoms. The summed E-state index contributed by atoms with van der Waals surface area (Å²) < 4.78 is 5.33. The maximum atomic E-state index is 12.2. The second kappa shape index (κ2) is 4.82. The molecule has 1 aromatic heterocycles. The number of ether oxygens (including phenoxy) is 1. The fourth-order valence-corrected chi connectivity index (χ4v) is 2.80. The van der Waals surface area contributed by atoms with Gasteiger partial charge in [-0.25, -0.2) is 4.98 Å². The standard InChI is InChI=1S/C17H14N2O2/c20-17-14-10-21-9-8-15(14)18-16(19-17)13-7-3-5-11-4-1-2-6-12(11)13/h1-7H,8-10H2,(H,18,19,20). The average molecular weight is 278 g/mol. The van der Waals surface area contributed by atoms with Crippen LogP contribution in [0, 0.1) is 0 Å². The molecule has 1 aliphatic heterocycles. The number of aromatic amines is 1. The highest BCUT2D eigenvalue weighted by molar-refractivity contribution is 5.94. The van der Waals surface area contributed by atoms with Gasteiger partial charge in [0.15, 0.2) is 0 Å². The number of H-pyrrole nitrogens is 1. The van der Waals surface area contributed by atoms with Gasteiger partial charge in [-0.15, -0.1) is 0 Å². The number of nitrogens with zero attached hydrogens (tertiary/aromatic N) is 1. The smallest absolute Gasteiger partial charge is 0.256 e. The van der Waals surface area contributed by atoms with Crippen LogP contribution in [0.15, 0.2) is 47.3 Å². The number of fused-ring (bicyclic) bond motifs is 2. The van der Waals surface area contributed by atoms with Crippen molar-refractivity contribution in [3.63, 3.8) is 0 Å². The molecule has 4 rings (SSSR count). The van der Waals surface area contributed by atoms with Crippen LogP contribution in [0.3, 0.4) is 0 Å². The average Bonchev–Trinajstić information content (AvgIpc) is 2.54. The van der Waals surface area contributed by atoms with Gasteiger partial charge in [0.2, 0.25) is 0 Å². The van der Waals surface area contributed by atoms with Gasteiger partial charge in [-0.1, -0.05) is 42.5 Å². The van der Waals surface area contributed by atoms with E-state index in [4.69, 9.17) is 4.74 Å². The molecule has 1 N–H and O–H groups in total. The van der Waals surface area contributed by atoms with Crippen molar-refractivity contribution in [2.75, 3.05) is 6.61 Å². The summed E-state index contributed by atoms with van der Waals surface area (Å²) in [5, 5.41) is 2.23. The molecule has 104 valence electrons. The second-order valence-electron chi connectivity index (χ2n) is 5.17. The Balaban J connectivity index is 1.97. The maximum Gasteiger partial charge on any atom is 0.256 e. The molecule has 0 fully saturated rings. The molecule has 0 amide bonds. The van der Waals surface area contributed by atoms with Gasteiger partial charge in [-0.2, -0.15) is 0 Å². The highest BCUT2D eigenvalue weighted by Crippen LogP contribution is 2.26. The lowest BCUT2D eigenvalue weighted by molar-refractivity contribution is 0.108. The highest BCUT2D eigenvalue weighted by atomic mass is 16.5. The Hall–Kier alpha value is -2.46. The third-order valence-corrected chi connectivity index (χ3v) is 3.88. The summed E-state index contributed by atoms with van der Waals surface area (Å²) in [6, 6.07) is 14.1. The lowest BCUT2D eigenvalue weighted by atomic mass is 10.0. The van der Waals surface area contributed by atoms with Crippen LogP contribution in [0.5, 0.6) is 0 Å². The van der Waals surface area contributed by atoms with E-state index in [9.17, 15) is 4.79 Å². The van der Waals surface area contributed by atoms with Gasteiger partial charge >= 0.3 is 0 Å². The summed E-state index contributed by atoms with van der Waals surface area (Å²) in [6.07, 6.45) is 0.691. The Bertz CT molecular complexity index is 878. The zero-order chi connectivity index (χ0) is 14.2. The summed E-state index contributed by atoms with van der Waals surface area (Å²) >= 11 is 0. The predicted molar refractivity (Wildman–Crippen MR) is 81.2 cm³/mol. The van der Waals surface area contributed by atoms with E-state index in [1.807, 2.05) is 30.3 Å². The third-order valence-electron chi connectivity index (χ3n) is 3.88. The maximum absolute atomic E-state index is 12.2. The zero-order valence-corrected chi connectivity index (χ0v) is 11.4. The van der Waals surface area contributed by atoms with Crippen molar-refractivity contribution in [2.24, 2.45) is 0 Å². The van der Waals surface area contributed by atoms with Crippen LogP contribution in [0.25, 0.3) is 22.2 Å². The first kappa shape index (κ1) is 12.3. The molecule has 1 aliphatic rings. The van der Waals surface area contributed by atoms with Gasteiger partial charge in [0.05, 0.1) is 24.5 Å². The van der Waals surface area contributed by atoms with Crippen LogP contribution in [0.1, 0.15) is 11.3 Å². The van der Waals surface area contributed by atoms with E-state index in [-0.39, 0.29) is 5.56 Å². The van der Waals surface area contributed by atoms with Crippen molar-refractivity contribution < 1.29 is 4.74 Å². The molecule has 21 heavy (non-hydrogen) atoms. The van der Waals surface area contributed by atoms with Crippen molar-refractivity contribution >= 4 is 10.8 Å². The number of rotatable bonds is 1. The monoisotopic (exact) mass is 278 g/mol. The number of nitrogens with one attached hydrogen (secondary N) is 1. The van der Waals surface area contributed by atoms with Crippen molar-refractivity contribution in [2.45, 2.75) is 13.0 Å². The fraction of sp³-hybridized carbons (Fsp3) is 0.176. The molecule has 0 atom stereocenters. The van der Waals surface area contributed by atoms with Gasteiger partial charge in [-0.3, -0.25) is 4.79 Å². The first-order chi connectivity index (χ1) is 10.3. The zero-order valence-electron chi connectivity index (χ0n) is 11.4. The summed E-state index contributed by atoms with van der Waals surface area (Å²) in [5.41, 5.74) is 2.38. The van der Waals surface area contributed by atoms with Crippen molar-refractivity contribution in [3.05, 3.63) is 64.1 Å². The van der Waals surface area contributed by atoms with Gasteiger partial charge in [-0.05, 0) is 10.8 Å². The first-order valence-corrected chi connectivity index (χ1v) is 7.01. The first-order valence-electron chi connectivity index (χ1n) is 7.01. The Morgan fingerprint density at radius 3 is 2.90 bits per heavy atom. The van der Waals surface area contributed by atoms with E-state index in [1.165, 1.54) is 0 Å². The van der Waals surface area contributed by atoms with Crippen LogP contribution in [0.4, 0.5) is 0 Å². The molecular weight excluding hydrogens is 264 g/mol. The summed E-state index contributed by atoms with van der Waals surface area (Å²) in [6.45, 7) is 0.978. The van der Waals surface area contributed by atoms with Gasteiger partial charge in [0, 0.05) is 12.0 Å². The summed E-state index contributed by atoms with van der Waals surface area (Å²) in [4.78, 5) is 19.8. The molecule has 2 heterocycles. The number of benzene rings is 2. The highest BCUT2D eigenvalue weighted by Gasteiger charge is 2.17. The molecule has 0 spiro atoms. The molecule has 4 heteroatoms. The van der Waals surface area contributed by atoms with Gasteiger partial charge in [0.1, 0.15) is 5.82 Å². The van der Waals surface area contributed by atoms with Crippen molar-refractivity contribution in [3.8, 4) is 11.4 Å². The molecular formula is C17H14N2O2. The van der Waals surface area contributed by atoms with Crippen molar-refractivity contribution in [1.82, 2.24) is 9.97 Å². The normalized spacial score (nSPS) is 14.1. The Labute approximate surface area is 121 Å². The minimum Gasteiger partial charge on any atom is -0.376 e. The summed E-state index contributed by atoms with van der Waals surface area (Å²) in [7, 11) is 0. The van der Waals surface area contributed by atoms with E-state index in [1.54, 1.807) is 0 Å². The van der Waals surface area contributed by atoms with E-state index >= 15 is 0 Å². The molecule has 2 aromatic carbocycles. The third kappa shape index (κ3) is 2.04. The van der Waals surface area contributed by atoms with E-state index in [0.29, 0.717) is 31.0 Å². The van der Waals surface area contributed by atoms with Crippen LogP contribution < -0.4 is 5.56 Å². The molecule has 0 aliphatic carbocycles. The van der Waals surface area contributed by atoms with E-state index in [0.717, 1.165) is 22.0 Å². The van der Waals surface area contributed by atoms with Crippen LogP contribution >= 0.6 is 0 Å². The largest absolute Gasteiger partial charge is 0.376 e. The van der Waals surface area contributed by atoms with E-state index < -0.39 is 0 Å². The lowest BCUT2D eigenvalue weighted by Crippen LogP contribution is -2.24. The molecule has 0 radical (unpaired) electrons. The predicted octanol–water partition coefficient (Wildman–Crippen LogP) is 2.66. The molecule has 4 nitrogen and oxygen atoms in total. The van der Waals surface area contributed by atoms with Crippen LogP contribution in [0.2, 0.25) is 0 Å². The van der Waals surface area contributed by atoms with Gasteiger partial charge in [0.25, 0.3) is 5.56 Å². The molecule has 0 unspecified atom stereocenters.